The van der Waals surface area contributed by atoms with Gasteiger partial charge in [-0.15, -0.1) is 0 Å². The van der Waals surface area contributed by atoms with Crippen LogP contribution in [-0.4, -0.2) is 21.8 Å². The number of benzene rings is 1. The van der Waals surface area contributed by atoms with E-state index < -0.39 is 0 Å². The van der Waals surface area contributed by atoms with Gasteiger partial charge in [-0.25, -0.2) is 9.67 Å². The summed E-state index contributed by atoms with van der Waals surface area (Å²) >= 11 is 3.41. The standard InChI is InChI=1S/C13H18BrN5/c1-3-6-19-13(16-9-17-19)8-18(2)12-5-4-10(14)7-11(12)15/h4-5,7,9H,3,6,8,15H2,1-2H3. The number of aromatic nitrogens is 3. The average molecular weight is 324 g/mol. The van der Waals surface area contributed by atoms with Crippen LogP contribution in [0.3, 0.4) is 0 Å². The molecule has 19 heavy (non-hydrogen) atoms. The minimum Gasteiger partial charge on any atom is -0.397 e. The Labute approximate surface area is 121 Å². The maximum atomic E-state index is 6.03. The molecule has 2 rings (SSSR count). The van der Waals surface area contributed by atoms with Gasteiger partial charge in [-0.3, -0.25) is 0 Å². The first kappa shape index (κ1) is 13.9. The molecule has 2 aromatic rings. The molecule has 1 heterocycles. The molecule has 0 saturated carbocycles. The van der Waals surface area contributed by atoms with Crippen molar-refractivity contribution in [2.24, 2.45) is 0 Å². The van der Waals surface area contributed by atoms with Crippen molar-refractivity contribution in [2.45, 2.75) is 26.4 Å². The number of rotatable bonds is 5. The Morgan fingerprint density at radius 3 is 2.89 bits per heavy atom. The van der Waals surface area contributed by atoms with Crippen LogP contribution in [0.1, 0.15) is 19.2 Å². The van der Waals surface area contributed by atoms with Crippen molar-refractivity contribution in [2.75, 3.05) is 17.7 Å². The maximum absolute atomic E-state index is 6.03. The summed E-state index contributed by atoms with van der Waals surface area (Å²) in [6, 6.07) is 5.89. The SMILES string of the molecule is CCCn1ncnc1CN(C)c1ccc(Br)cc1N. The summed E-state index contributed by atoms with van der Waals surface area (Å²) in [5.74, 6) is 0.951. The molecule has 0 aliphatic heterocycles. The minimum absolute atomic E-state index is 0.686. The van der Waals surface area contributed by atoms with Gasteiger partial charge in [0.15, 0.2) is 0 Å². The van der Waals surface area contributed by atoms with E-state index in [0.717, 1.165) is 34.6 Å². The number of nitrogens with zero attached hydrogens (tertiary/aromatic N) is 4. The van der Waals surface area contributed by atoms with Crippen LogP contribution >= 0.6 is 15.9 Å². The van der Waals surface area contributed by atoms with Gasteiger partial charge in [0.05, 0.1) is 17.9 Å². The zero-order valence-electron chi connectivity index (χ0n) is 11.2. The molecule has 0 spiro atoms. The molecule has 0 saturated heterocycles. The van der Waals surface area contributed by atoms with Crippen LogP contribution in [0.5, 0.6) is 0 Å². The summed E-state index contributed by atoms with van der Waals surface area (Å²) in [6.45, 7) is 3.70. The molecule has 0 atom stereocenters. The predicted octanol–water partition coefficient (Wildman–Crippen LogP) is 2.67. The second kappa shape index (κ2) is 6.06. The number of anilines is 2. The fourth-order valence-corrected chi connectivity index (χ4v) is 2.36. The van der Waals surface area contributed by atoms with Gasteiger partial charge in [0.1, 0.15) is 12.2 Å². The van der Waals surface area contributed by atoms with Crippen LogP contribution in [0.25, 0.3) is 0 Å². The van der Waals surface area contributed by atoms with Gasteiger partial charge in [0, 0.05) is 18.1 Å². The molecule has 0 radical (unpaired) electrons. The van der Waals surface area contributed by atoms with E-state index in [-0.39, 0.29) is 0 Å². The fraction of sp³-hybridized carbons (Fsp3) is 0.385. The van der Waals surface area contributed by atoms with Crippen LogP contribution in [-0.2, 0) is 13.1 Å². The van der Waals surface area contributed by atoms with Crippen molar-refractivity contribution in [1.82, 2.24) is 14.8 Å². The Bertz CT molecular complexity index is 552. The Hall–Kier alpha value is -1.56. The van der Waals surface area contributed by atoms with E-state index >= 15 is 0 Å². The molecule has 0 bridgehead atoms. The van der Waals surface area contributed by atoms with Crippen LogP contribution in [0, 0.1) is 0 Å². The van der Waals surface area contributed by atoms with Crippen LogP contribution in [0.15, 0.2) is 29.0 Å². The molecular formula is C13H18BrN5. The summed E-state index contributed by atoms with van der Waals surface area (Å²) in [7, 11) is 2.00. The molecule has 0 amide bonds. The largest absolute Gasteiger partial charge is 0.397 e. The van der Waals surface area contributed by atoms with Crippen molar-refractivity contribution < 1.29 is 0 Å². The summed E-state index contributed by atoms with van der Waals surface area (Å²) in [6.07, 6.45) is 2.64. The van der Waals surface area contributed by atoms with Gasteiger partial charge in [0.2, 0.25) is 0 Å². The molecule has 6 heteroatoms. The molecular weight excluding hydrogens is 306 g/mol. The lowest BCUT2D eigenvalue weighted by molar-refractivity contribution is 0.566. The highest BCUT2D eigenvalue weighted by Crippen LogP contribution is 2.26. The van der Waals surface area contributed by atoms with Gasteiger partial charge in [0.25, 0.3) is 0 Å². The summed E-state index contributed by atoms with van der Waals surface area (Å²) in [4.78, 5) is 6.39. The third-order valence-corrected chi connectivity index (χ3v) is 3.40. The lowest BCUT2D eigenvalue weighted by atomic mass is 10.2. The quantitative estimate of drug-likeness (QED) is 0.859. The number of nitrogens with two attached hydrogens (primary N) is 1. The Kier molecular flexibility index (Phi) is 4.42. The van der Waals surface area contributed by atoms with Crippen molar-refractivity contribution in [3.63, 3.8) is 0 Å². The van der Waals surface area contributed by atoms with Gasteiger partial charge in [-0.2, -0.15) is 5.10 Å². The van der Waals surface area contributed by atoms with E-state index in [1.165, 1.54) is 0 Å². The molecule has 5 nitrogen and oxygen atoms in total. The molecule has 1 aromatic heterocycles. The molecule has 0 fully saturated rings. The lowest BCUT2D eigenvalue weighted by Crippen LogP contribution is -2.21. The monoisotopic (exact) mass is 323 g/mol. The normalized spacial score (nSPS) is 10.7. The third-order valence-electron chi connectivity index (χ3n) is 2.91. The fourth-order valence-electron chi connectivity index (χ4n) is 1.98. The van der Waals surface area contributed by atoms with Gasteiger partial charge >= 0.3 is 0 Å². The first-order valence-corrected chi connectivity index (χ1v) is 7.04. The van der Waals surface area contributed by atoms with E-state index in [2.05, 4.69) is 37.8 Å². The Morgan fingerprint density at radius 1 is 1.42 bits per heavy atom. The van der Waals surface area contributed by atoms with Gasteiger partial charge < -0.3 is 10.6 Å². The zero-order chi connectivity index (χ0) is 13.8. The summed E-state index contributed by atoms with van der Waals surface area (Å²) in [5.41, 5.74) is 7.78. The van der Waals surface area contributed by atoms with E-state index in [0.29, 0.717) is 6.54 Å². The van der Waals surface area contributed by atoms with Gasteiger partial charge in [-0.05, 0) is 24.6 Å². The summed E-state index contributed by atoms with van der Waals surface area (Å²) < 4.78 is 2.92. The number of nitrogen functional groups attached to an aromatic ring is 1. The van der Waals surface area contributed by atoms with Crippen molar-refractivity contribution >= 4 is 27.3 Å². The second-order valence-corrected chi connectivity index (χ2v) is 5.37. The predicted molar refractivity (Wildman–Crippen MR) is 81.0 cm³/mol. The average Bonchev–Trinajstić information content (AvgIpc) is 2.77. The van der Waals surface area contributed by atoms with E-state index in [1.54, 1.807) is 6.33 Å². The van der Waals surface area contributed by atoms with Crippen LogP contribution in [0.2, 0.25) is 0 Å². The molecule has 102 valence electrons. The summed E-state index contributed by atoms with van der Waals surface area (Å²) in [5, 5.41) is 4.23. The third kappa shape index (κ3) is 3.26. The highest BCUT2D eigenvalue weighted by molar-refractivity contribution is 9.10. The maximum Gasteiger partial charge on any atom is 0.146 e. The highest BCUT2D eigenvalue weighted by Gasteiger charge is 2.10. The first-order valence-electron chi connectivity index (χ1n) is 6.24. The highest BCUT2D eigenvalue weighted by atomic mass is 79.9. The van der Waals surface area contributed by atoms with Crippen molar-refractivity contribution in [1.29, 1.82) is 0 Å². The first-order chi connectivity index (χ1) is 9.11. The molecule has 0 aliphatic rings. The molecule has 0 aliphatic carbocycles. The zero-order valence-corrected chi connectivity index (χ0v) is 12.8. The topological polar surface area (TPSA) is 60.0 Å². The van der Waals surface area contributed by atoms with Crippen LogP contribution in [0.4, 0.5) is 11.4 Å². The lowest BCUT2D eigenvalue weighted by Gasteiger charge is -2.21. The Morgan fingerprint density at radius 2 is 2.21 bits per heavy atom. The minimum atomic E-state index is 0.686. The molecule has 1 aromatic carbocycles. The number of hydrogen-bond acceptors (Lipinski definition) is 4. The van der Waals surface area contributed by atoms with Crippen LogP contribution < -0.4 is 10.6 Å². The van der Waals surface area contributed by atoms with E-state index in [4.69, 9.17) is 5.73 Å². The van der Waals surface area contributed by atoms with E-state index in [9.17, 15) is 0 Å². The number of hydrogen-bond donors (Lipinski definition) is 1. The smallest absolute Gasteiger partial charge is 0.146 e. The number of halogens is 1. The van der Waals surface area contributed by atoms with E-state index in [1.807, 2.05) is 29.9 Å². The Balaban J connectivity index is 2.16. The molecule has 2 N–H and O–H groups in total. The van der Waals surface area contributed by atoms with Crippen molar-refractivity contribution in [3.8, 4) is 0 Å². The second-order valence-electron chi connectivity index (χ2n) is 4.46. The number of aryl methyl sites for hydroxylation is 1. The van der Waals surface area contributed by atoms with Crippen molar-refractivity contribution in [3.05, 3.63) is 34.8 Å². The molecule has 0 unspecified atom stereocenters. The van der Waals surface area contributed by atoms with Gasteiger partial charge in [-0.1, -0.05) is 22.9 Å².